The van der Waals surface area contributed by atoms with Gasteiger partial charge in [0.2, 0.25) is 0 Å². The SMILES string of the molecule is O=[N+]([O-])c1cc(Br)c(F)cc1I. The molecule has 0 heterocycles. The van der Waals surface area contributed by atoms with Crippen molar-refractivity contribution < 1.29 is 9.31 Å². The lowest BCUT2D eigenvalue weighted by molar-refractivity contribution is -0.385. The zero-order valence-corrected chi connectivity index (χ0v) is 9.30. The van der Waals surface area contributed by atoms with Crippen LogP contribution in [0, 0.1) is 19.5 Å². The van der Waals surface area contributed by atoms with E-state index in [2.05, 4.69) is 15.9 Å². The molecule has 0 N–H and O–H groups in total. The Morgan fingerprint density at radius 1 is 1.58 bits per heavy atom. The van der Waals surface area contributed by atoms with Crippen molar-refractivity contribution in [3.63, 3.8) is 0 Å². The summed E-state index contributed by atoms with van der Waals surface area (Å²) in [5.74, 6) is -0.495. The van der Waals surface area contributed by atoms with Crippen molar-refractivity contribution in [1.82, 2.24) is 0 Å². The van der Waals surface area contributed by atoms with Gasteiger partial charge < -0.3 is 0 Å². The van der Waals surface area contributed by atoms with E-state index in [1.54, 1.807) is 22.6 Å². The highest BCUT2D eigenvalue weighted by atomic mass is 127. The predicted octanol–water partition coefficient (Wildman–Crippen LogP) is 3.10. The highest BCUT2D eigenvalue weighted by Crippen LogP contribution is 2.27. The fourth-order valence-corrected chi connectivity index (χ4v) is 1.61. The van der Waals surface area contributed by atoms with Gasteiger partial charge in [0, 0.05) is 6.07 Å². The van der Waals surface area contributed by atoms with E-state index in [-0.39, 0.29) is 10.2 Å². The fourth-order valence-electron chi connectivity index (χ4n) is 0.652. The first-order chi connectivity index (χ1) is 5.52. The third kappa shape index (κ3) is 1.92. The van der Waals surface area contributed by atoms with Crippen molar-refractivity contribution in [2.75, 3.05) is 0 Å². The molecule has 0 atom stereocenters. The van der Waals surface area contributed by atoms with Gasteiger partial charge in [-0.15, -0.1) is 0 Å². The number of nitro benzene ring substituents is 1. The molecule has 0 aliphatic rings. The molecule has 1 aromatic rings. The molecule has 0 bridgehead atoms. The highest BCUT2D eigenvalue weighted by molar-refractivity contribution is 14.1. The van der Waals surface area contributed by atoms with Crippen molar-refractivity contribution in [2.45, 2.75) is 0 Å². The zero-order chi connectivity index (χ0) is 9.30. The van der Waals surface area contributed by atoms with E-state index in [9.17, 15) is 14.5 Å². The van der Waals surface area contributed by atoms with E-state index < -0.39 is 10.7 Å². The van der Waals surface area contributed by atoms with E-state index in [4.69, 9.17) is 0 Å². The minimum absolute atomic E-state index is 0.0936. The summed E-state index contributed by atoms with van der Waals surface area (Å²) in [6.45, 7) is 0. The minimum Gasteiger partial charge on any atom is -0.258 e. The second kappa shape index (κ2) is 3.65. The molecule has 0 aromatic heterocycles. The van der Waals surface area contributed by atoms with Gasteiger partial charge in [-0.25, -0.2) is 4.39 Å². The first kappa shape index (κ1) is 9.85. The summed E-state index contributed by atoms with van der Waals surface area (Å²) in [6.07, 6.45) is 0. The van der Waals surface area contributed by atoms with E-state index in [1.807, 2.05) is 0 Å². The van der Waals surface area contributed by atoms with E-state index in [0.29, 0.717) is 3.57 Å². The molecular formula is C6H2BrFINO2. The average Bonchev–Trinajstić information content (AvgIpc) is 1.96. The molecule has 0 saturated carbocycles. The second-order valence-corrected chi connectivity index (χ2v) is 3.99. The number of rotatable bonds is 1. The summed E-state index contributed by atoms with van der Waals surface area (Å²) in [5.41, 5.74) is -0.0936. The summed E-state index contributed by atoms with van der Waals surface area (Å²) >= 11 is 4.58. The standard InChI is InChI=1S/C6H2BrFINO2/c7-3-1-6(10(11)12)5(9)2-4(3)8/h1-2H. The summed E-state index contributed by atoms with van der Waals surface area (Å²) in [4.78, 5) is 9.79. The molecule has 1 aromatic carbocycles. The molecule has 0 spiro atoms. The Kier molecular flexibility index (Phi) is 2.99. The minimum atomic E-state index is -0.550. The lowest BCUT2D eigenvalue weighted by Crippen LogP contribution is -1.92. The maximum atomic E-state index is 12.7. The molecule has 6 heteroatoms. The maximum Gasteiger partial charge on any atom is 0.283 e. The number of hydrogen-bond donors (Lipinski definition) is 0. The van der Waals surface area contributed by atoms with Crippen LogP contribution in [0.25, 0.3) is 0 Å². The largest absolute Gasteiger partial charge is 0.283 e. The Balaban J connectivity index is 3.33. The van der Waals surface area contributed by atoms with Crippen LogP contribution in [0.1, 0.15) is 0 Å². The van der Waals surface area contributed by atoms with Gasteiger partial charge in [0.15, 0.2) is 0 Å². The summed E-state index contributed by atoms with van der Waals surface area (Å²) in [6, 6.07) is 2.26. The fraction of sp³-hybridized carbons (Fsp3) is 0. The molecule has 3 nitrogen and oxygen atoms in total. The Morgan fingerprint density at radius 3 is 2.67 bits per heavy atom. The summed E-state index contributed by atoms with van der Waals surface area (Å²) in [7, 11) is 0. The first-order valence-electron chi connectivity index (χ1n) is 2.81. The first-order valence-corrected chi connectivity index (χ1v) is 4.68. The van der Waals surface area contributed by atoms with E-state index in [1.165, 1.54) is 0 Å². The van der Waals surface area contributed by atoms with Gasteiger partial charge in [0.25, 0.3) is 5.69 Å². The lowest BCUT2D eigenvalue weighted by atomic mass is 10.3. The number of halogens is 3. The molecule has 0 aliphatic carbocycles. The van der Waals surface area contributed by atoms with E-state index >= 15 is 0 Å². The Labute approximate surface area is 89.4 Å². The molecule has 0 radical (unpaired) electrons. The molecule has 0 fully saturated rings. The maximum absolute atomic E-state index is 12.7. The van der Waals surface area contributed by atoms with Gasteiger partial charge >= 0.3 is 0 Å². The molecule has 0 amide bonds. The van der Waals surface area contributed by atoms with Crippen molar-refractivity contribution >= 4 is 44.2 Å². The second-order valence-electron chi connectivity index (χ2n) is 1.97. The topological polar surface area (TPSA) is 43.1 Å². The quantitative estimate of drug-likeness (QED) is 0.340. The molecule has 12 heavy (non-hydrogen) atoms. The van der Waals surface area contributed by atoms with Gasteiger partial charge in [-0.2, -0.15) is 0 Å². The third-order valence-electron chi connectivity index (χ3n) is 1.19. The van der Waals surface area contributed by atoms with Crippen molar-refractivity contribution in [1.29, 1.82) is 0 Å². The molecular weight excluding hydrogens is 344 g/mol. The highest BCUT2D eigenvalue weighted by Gasteiger charge is 2.14. The van der Waals surface area contributed by atoms with Crippen LogP contribution in [0.4, 0.5) is 10.1 Å². The van der Waals surface area contributed by atoms with Crippen LogP contribution in [-0.4, -0.2) is 4.92 Å². The van der Waals surface area contributed by atoms with Crippen LogP contribution in [0.5, 0.6) is 0 Å². The van der Waals surface area contributed by atoms with Crippen molar-refractivity contribution in [3.8, 4) is 0 Å². The number of hydrogen-bond acceptors (Lipinski definition) is 2. The zero-order valence-electron chi connectivity index (χ0n) is 5.55. The normalized spacial score (nSPS) is 9.92. The van der Waals surface area contributed by atoms with Gasteiger partial charge in [0.1, 0.15) is 5.82 Å². The third-order valence-corrected chi connectivity index (χ3v) is 2.66. The number of nitrogens with zero attached hydrogens (tertiary/aromatic N) is 1. The average molecular weight is 346 g/mol. The number of benzene rings is 1. The van der Waals surface area contributed by atoms with Gasteiger partial charge in [-0.1, -0.05) is 0 Å². The van der Waals surface area contributed by atoms with Gasteiger partial charge in [0.05, 0.1) is 13.0 Å². The van der Waals surface area contributed by atoms with Crippen LogP contribution in [0.15, 0.2) is 16.6 Å². The predicted molar refractivity (Wildman–Crippen MR) is 53.5 cm³/mol. The monoisotopic (exact) mass is 345 g/mol. The van der Waals surface area contributed by atoms with Crippen LogP contribution in [-0.2, 0) is 0 Å². The number of nitro groups is 1. The Morgan fingerprint density at radius 2 is 2.17 bits per heavy atom. The summed E-state index contributed by atoms with van der Waals surface area (Å²) < 4.78 is 13.1. The molecule has 0 saturated heterocycles. The van der Waals surface area contributed by atoms with Gasteiger partial charge in [-0.3, -0.25) is 10.1 Å². The van der Waals surface area contributed by atoms with Crippen molar-refractivity contribution in [2.24, 2.45) is 0 Å². The van der Waals surface area contributed by atoms with Crippen LogP contribution in [0.3, 0.4) is 0 Å². The van der Waals surface area contributed by atoms with Crippen LogP contribution < -0.4 is 0 Å². The van der Waals surface area contributed by atoms with E-state index in [0.717, 1.165) is 12.1 Å². The van der Waals surface area contributed by atoms with Gasteiger partial charge in [-0.05, 0) is 44.6 Å². The van der Waals surface area contributed by atoms with Crippen LogP contribution >= 0.6 is 38.5 Å². The Hall–Kier alpha value is -0.240. The van der Waals surface area contributed by atoms with Crippen molar-refractivity contribution in [3.05, 3.63) is 36.1 Å². The Bertz CT molecular complexity index is 345. The van der Waals surface area contributed by atoms with Crippen LogP contribution in [0.2, 0.25) is 0 Å². The molecule has 0 aliphatic heterocycles. The molecule has 64 valence electrons. The summed E-state index contributed by atoms with van der Waals surface area (Å²) in [5, 5.41) is 10.3. The molecule has 1 rings (SSSR count). The lowest BCUT2D eigenvalue weighted by Gasteiger charge is -1.97. The molecule has 0 unspecified atom stereocenters. The smallest absolute Gasteiger partial charge is 0.258 e.